The maximum absolute atomic E-state index is 12.3. The summed E-state index contributed by atoms with van der Waals surface area (Å²) in [6, 6.07) is 7.95. The van der Waals surface area contributed by atoms with Crippen LogP contribution in [-0.2, 0) is 0 Å². The van der Waals surface area contributed by atoms with E-state index in [4.69, 9.17) is 0 Å². The third-order valence-electron chi connectivity index (χ3n) is 4.28. The van der Waals surface area contributed by atoms with Gasteiger partial charge in [-0.3, -0.25) is 9.69 Å². The van der Waals surface area contributed by atoms with Gasteiger partial charge in [0.05, 0.1) is 6.54 Å². The zero-order valence-corrected chi connectivity index (χ0v) is 13.8. The van der Waals surface area contributed by atoms with Crippen molar-refractivity contribution >= 4 is 17.5 Å². The predicted octanol–water partition coefficient (Wildman–Crippen LogP) is 3.96. The summed E-state index contributed by atoms with van der Waals surface area (Å²) in [6.07, 6.45) is 3.26. The van der Waals surface area contributed by atoms with Gasteiger partial charge in [-0.25, -0.2) is 0 Å². The molecule has 0 aromatic heterocycles. The molecule has 1 fully saturated rings. The number of ketones is 1. The number of carbonyl (C=O) groups is 1. The van der Waals surface area contributed by atoms with Crippen molar-refractivity contribution in [1.82, 2.24) is 4.90 Å². The molecular weight excluding hydrogens is 266 g/mol. The lowest BCUT2D eigenvalue weighted by molar-refractivity contribution is 0.0938. The van der Waals surface area contributed by atoms with Crippen molar-refractivity contribution in [3.63, 3.8) is 0 Å². The van der Waals surface area contributed by atoms with Crippen LogP contribution < -0.4 is 0 Å². The van der Waals surface area contributed by atoms with Gasteiger partial charge in [0.1, 0.15) is 0 Å². The van der Waals surface area contributed by atoms with E-state index >= 15 is 0 Å². The summed E-state index contributed by atoms with van der Waals surface area (Å²) < 4.78 is 0. The number of hydrogen-bond donors (Lipinski definition) is 0. The smallest absolute Gasteiger partial charge is 0.176 e. The largest absolute Gasteiger partial charge is 0.295 e. The summed E-state index contributed by atoms with van der Waals surface area (Å²) in [4.78, 5) is 15.8. The minimum absolute atomic E-state index is 0.243. The minimum atomic E-state index is 0.243. The van der Waals surface area contributed by atoms with E-state index in [1.54, 1.807) is 11.8 Å². The number of rotatable bonds is 4. The van der Waals surface area contributed by atoms with Crippen LogP contribution in [0.25, 0.3) is 0 Å². The Morgan fingerprint density at radius 1 is 1.30 bits per heavy atom. The predicted molar refractivity (Wildman–Crippen MR) is 86.6 cm³/mol. The van der Waals surface area contributed by atoms with Crippen molar-refractivity contribution in [3.8, 4) is 0 Å². The highest BCUT2D eigenvalue weighted by Gasteiger charge is 2.32. The van der Waals surface area contributed by atoms with Crippen molar-refractivity contribution in [2.75, 3.05) is 25.9 Å². The fourth-order valence-corrected chi connectivity index (χ4v) is 3.16. The number of hydrogen-bond acceptors (Lipinski definition) is 3. The summed E-state index contributed by atoms with van der Waals surface area (Å²) in [5.74, 6) is 0.946. The first-order chi connectivity index (χ1) is 9.40. The number of nitrogens with zero attached hydrogens (tertiary/aromatic N) is 1. The van der Waals surface area contributed by atoms with Crippen molar-refractivity contribution < 1.29 is 4.79 Å². The molecule has 1 saturated heterocycles. The Bertz CT molecular complexity index is 461. The van der Waals surface area contributed by atoms with E-state index in [0.717, 1.165) is 18.7 Å². The van der Waals surface area contributed by atoms with E-state index in [2.05, 4.69) is 25.7 Å². The first-order valence-electron chi connectivity index (χ1n) is 7.30. The second-order valence-electron chi connectivity index (χ2n) is 6.74. The molecule has 1 heterocycles. The molecule has 1 aromatic rings. The fourth-order valence-electron chi connectivity index (χ4n) is 2.75. The van der Waals surface area contributed by atoms with Crippen LogP contribution in [0.5, 0.6) is 0 Å². The average molecular weight is 291 g/mol. The first-order valence-corrected chi connectivity index (χ1v) is 8.52. The van der Waals surface area contributed by atoms with E-state index in [1.807, 2.05) is 30.5 Å². The third kappa shape index (κ3) is 3.86. The molecule has 20 heavy (non-hydrogen) atoms. The quantitative estimate of drug-likeness (QED) is 0.618. The molecule has 3 heteroatoms. The zero-order valence-electron chi connectivity index (χ0n) is 13.0. The van der Waals surface area contributed by atoms with Crippen LogP contribution in [0.15, 0.2) is 29.2 Å². The van der Waals surface area contributed by atoms with Crippen molar-refractivity contribution in [2.24, 2.45) is 11.3 Å². The molecule has 0 saturated carbocycles. The highest BCUT2D eigenvalue weighted by molar-refractivity contribution is 7.98. The molecule has 0 bridgehead atoms. The maximum Gasteiger partial charge on any atom is 0.176 e. The SMILES string of the molecule is CSc1ccc(C(=O)CN2CCC(C(C)(C)C)C2)cc1. The van der Waals surface area contributed by atoms with E-state index in [0.29, 0.717) is 17.9 Å². The Balaban J connectivity index is 1.92. The molecule has 0 aliphatic carbocycles. The van der Waals surface area contributed by atoms with Gasteiger partial charge >= 0.3 is 0 Å². The van der Waals surface area contributed by atoms with Gasteiger partial charge in [-0.2, -0.15) is 0 Å². The summed E-state index contributed by atoms with van der Waals surface area (Å²) >= 11 is 1.70. The highest BCUT2D eigenvalue weighted by Crippen LogP contribution is 2.33. The Morgan fingerprint density at radius 2 is 1.95 bits per heavy atom. The topological polar surface area (TPSA) is 20.3 Å². The Labute approximate surface area is 126 Å². The Morgan fingerprint density at radius 3 is 2.45 bits per heavy atom. The molecule has 2 rings (SSSR count). The summed E-state index contributed by atoms with van der Waals surface area (Å²) in [5.41, 5.74) is 1.18. The first kappa shape index (κ1) is 15.6. The molecule has 2 nitrogen and oxygen atoms in total. The lowest BCUT2D eigenvalue weighted by Crippen LogP contribution is -2.30. The van der Waals surface area contributed by atoms with Crippen LogP contribution in [0.1, 0.15) is 37.6 Å². The summed E-state index contributed by atoms with van der Waals surface area (Å²) in [7, 11) is 0. The van der Waals surface area contributed by atoms with Gasteiger partial charge in [0.15, 0.2) is 5.78 Å². The van der Waals surface area contributed by atoms with Gasteiger partial charge in [0.2, 0.25) is 0 Å². The van der Waals surface area contributed by atoms with Gasteiger partial charge in [0, 0.05) is 17.0 Å². The Hall–Kier alpha value is -0.800. The number of Topliss-reactive ketones (excluding diaryl/α,β-unsaturated/α-hetero) is 1. The number of carbonyl (C=O) groups excluding carboxylic acids is 1. The second-order valence-corrected chi connectivity index (χ2v) is 7.62. The van der Waals surface area contributed by atoms with Gasteiger partial charge in [0.25, 0.3) is 0 Å². The highest BCUT2D eigenvalue weighted by atomic mass is 32.2. The van der Waals surface area contributed by atoms with E-state index in [1.165, 1.54) is 11.3 Å². The maximum atomic E-state index is 12.3. The number of likely N-dealkylation sites (tertiary alicyclic amines) is 1. The lowest BCUT2D eigenvalue weighted by atomic mass is 9.80. The van der Waals surface area contributed by atoms with Gasteiger partial charge in [-0.1, -0.05) is 32.9 Å². The van der Waals surface area contributed by atoms with Crippen molar-refractivity contribution in [1.29, 1.82) is 0 Å². The number of benzene rings is 1. The fraction of sp³-hybridized carbons (Fsp3) is 0.588. The Kier molecular flexibility index (Phi) is 4.92. The van der Waals surface area contributed by atoms with Crippen molar-refractivity contribution in [2.45, 2.75) is 32.1 Å². The molecule has 0 amide bonds. The van der Waals surface area contributed by atoms with Gasteiger partial charge < -0.3 is 0 Å². The normalized spacial score (nSPS) is 20.3. The van der Waals surface area contributed by atoms with Gasteiger partial charge in [-0.15, -0.1) is 11.8 Å². The standard InChI is InChI=1S/C17H25NOS/c1-17(2,3)14-9-10-18(11-14)12-16(19)13-5-7-15(20-4)8-6-13/h5-8,14H,9-12H2,1-4H3. The molecule has 110 valence electrons. The zero-order chi connectivity index (χ0) is 14.8. The second kappa shape index (κ2) is 6.31. The summed E-state index contributed by atoms with van der Waals surface area (Å²) in [6.45, 7) is 9.55. The molecule has 0 spiro atoms. The van der Waals surface area contributed by atoms with E-state index in [9.17, 15) is 4.79 Å². The van der Waals surface area contributed by atoms with E-state index < -0.39 is 0 Å². The molecule has 1 aromatic carbocycles. The van der Waals surface area contributed by atoms with Crippen LogP contribution in [0.2, 0.25) is 0 Å². The van der Waals surface area contributed by atoms with Crippen LogP contribution >= 0.6 is 11.8 Å². The summed E-state index contributed by atoms with van der Waals surface area (Å²) in [5, 5.41) is 0. The molecule has 0 N–H and O–H groups in total. The van der Waals surface area contributed by atoms with E-state index in [-0.39, 0.29) is 5.78 Å². The monoisotopic (exact) mass is 291 g/mol. The third-order valence-corrected chi connectivity index (χ3v) is 5.02. The van der Waals surface area contributed by atoms with Crippen LogP contribution in [0.4, 0.5) is 0 Å². The minimum Gasteiger partial charge on any atom is -0.295 e. The van der Waals surface area contributed by atoms with Crippen molar-refractivity contribution in [3.05, 3.63) is 29.8 Å². The van der Waals surface area contributed by atoms with Crippen LogP contribution in [0, 0.1) is 11.3 Å². The molecule has 1 aliphatic heterocycles. The number of thioether (sulfide) groups is 1. The molecule has 1 aliphatic rings. The molecular formula is C17H25NOS. The molecule has 0 radical (unpaired) electrons. The average Bonchev–Trinajstić information content (AvgIpc) is 2.87. The molecule has 1 atom stereocenters. The van der Waals surface area contributed by atoms with Gasteiger partial charge in [-0.05, 0) is 42.7 Å². The molecule has 1 unspecified atom stereocenters. The lowest BCUT2D eigenvalue weighted by Gasteiger charge is -2.27. The van der Waals surface area contributed by atoms with Crippen LogP contribution in [-0.4, -0.2) is 36.6 Å². The van der Waals surface area contributed by atoms with Crippen LogP contribution in [0.3, 0.4) is 0 Å².